The van der Waals surface area contributed by atoms with Crippen molar-refractivity contribution in [2.45, 2.75) is 5.16 Å². The van der Waals surface area contributed by atoms with Gasteiger partial charge in [-0.1, -0.05) is 39.8 Å². The number of fused-ring (bicyclic) bond motifs is 1. The van der Waals surface area contributed by atoms with Crippen LogP contribution in [-0.2, 0) is 4.79 Å². The minimum absolute atomic E-state index is 0.0536. The number of amides is 1. The van der Waals surface area contributed by atoms with Crippen molar-refractivity contribution in [3.05, 3.63) is 50.9 Å². The molecule has 3 N–H and O–H groups in total. The molecule has 3 rings (SSSR count). The zero-order chi connectivity index (χ0) is 17.8. The van der Waals surface area contributed by atoms with Crippen molar-refractivity contribution < 1.29 is 9.90 Å². The molecule has 2 aromatic carbocycles. The number of phenolic OH excluding ortho intramolecular Hbond substituents is 1. The lowest BCUT2D eigenvalue weighted by Gasteiger charge is -2.03. The lowest BCUT2D eigenvalue weighted by molar-refractivity contribution is -0.118. The zero-order valence-corrected chi connectivity index (χ0v) is 16.7. The number of phenols is 1. The van der Waals surface area contributed by atoms with Crippen molar-refractivity contribution in [3.8, 4) is 5.75 Å². The quantitative estimate of drug-likeness (QED) is 0.290. The van der Waals surface area contributed by atoms with Crippen molar-refractivity contribution in [3.63, 3.8) is 0 Å². The van der Waals surface area contributed by atoms with E-state index in [0.717, 1.165) is 15.5 Å². The van der Waals surface area contributed by atoms with Gasteiger partial charge in [0, 0.05) is 10.0 Å². The van der Waals surface area contributed by atoms with Gasteiger partial charge in [-0.2, -0.15) is 5.10 Å². The second-order valence-corrected chi connectivity index (χ2v) is 7.70. The van der Waals surface area contributed by atoms with E-state index in [1.165, 1.54) is 18.0 Å². The average molecular weight is 484 g/mol. The summed E-state index contributed by atoms with van der Waals surface area (Å²) in [6.07, 6.45) is 1.38. The molecule has 1 heterocycles. The van der Waals surface area contributed by atoms with Crippen molar-refractivity contribution >= 4 is 66.8 Å². The maximum Gasteiger partial charge on any atom is 0.250 e. The maximum atomic E-state index is 11.9. The summed E-state index contributed by atoms with van der Waals surface area (Å²) < 4.78 is 1.32. The van der Waals surface area contributed by atoms with Crippen LogP contribution in [0.4, 0.5) is 0 Å². The molecule has 1 amide bonds. The third kappa shape index (κ3) is 4.62. The number of aromatic nitrogens is 2. The van der Waals surface area contributed by atoms with Crippen LogP contribution in [-0.4, -0.2) is 32.9 Å². The molecule has 0 aliphatic carbocycles. The van der Waals surface area contributed by atoms with Gasteiger partial charge >= 0.3 is 0 Å². The molecule has 0 unspecified atom stereocenters. The lowest BCUT2D eigenvalue weighted by atomic mass is 10.2. The summed E-state index contributed by atoms with van der Waals surface area (Å²) in [6, 6.07) is 11.1. The van der Waals surface area contributed by atoms with E-state index in [9.17, 15) is 9.90 Å². The number of para-hydroxylation sites is 2. The number of halogens is 2. The Labute approximate surface area is 164 Å². The Morgan fingerprint density at radius 3 is 2.96 bits per heavy atom. The molecule has 0 saturated carbocycles. The highest BCUT2D eigenvalue weighted by Gasteiger charge is 2.07. The van der Waals surface area contributed by atoms with Gasteiger partial charge < -0.3 is 10.1 Å². The normalized spacial score (nSPS) is 11.3. The summed E-state index contributed by atoms with van der Waals surface area (Å²) >= 11 is 7.86. The minimum Gasteiger partial charge on any atom is -0.506 e. The van der Waals surface area contributed by atoms with Gasteiger partial charge in [0.15, 0.2) is 5.16 Å². The third-order valence-corrected chi connectivity index (χ3v) is 5.09. The zero-order valence-electron chi connectivity index (χ0n) is 12.7. The molecular formula is C16H12Br2N4O2S. The first kappa shape index (κ1) is 18.0. The molecule has 0 bridgehead atoms. The van der Waals surface area contributed by atoms with E-state index >= 15 is 0 Å². The van der Waals surface area contributed by atoms with Gasteiger partial charge in [0.25, 0.3) is 5.91 Å². The van der Waals surface area contributed by atoms with Gasteiger partial charge in [0.2, 0.25) is 0 Å². The molecule has 0 atom stereocenters. The number of aromatic amines is 1. The molecule has 0 aliphatic rings. The van der Waals surface area contributed by atoms with Gasteiger partial charge in [0.1, 0.15) is 5.75 Å². The molecule has 128 valence electrons. The Bertz CT molecular complexity index is 925. The maximum absolute atomic E-state index is 11.9. The van der Waals surface area contributed by atoms with E-state index in [1.807, 2.05) is 24.3 Å². The molecule has 3 aromatic rings. The Morgan fingerprint density at radius 2 is 2.16 bits per heavy atom. The van der Waals surface area contributed by atoms with Gasteiger partial charge in [-0.25, -0.2) is 10.4 Å². The van der Waals surface area contributed by atoms with E-state index in [4.69, 9.17) is 0 Å². The number of hydrazone groups is 1. The van der Waals surface area contributed by atoms with E-state index in [-0.39, 0.29) is 17.4 Å². The first-order valence-electron chi connectivity index (χ1n) is 7.10. The van der Waals surface area contributed by atoms with Crippen LogP contribution in [0.5, 0.6) is 5.75 Å². The van der Waals surface area contributed by atoms with Crippen LogP contribution in [0.2, 0.25) is 0 Å². The van der Waals surface area contributed by atoms with Crippen LogP contribution in [0, 0.1) is 0 Å². The fourth-order valence-corrected chi connectivity index (χ4v) is 3.96. The fourth-order valence-electron chi connectivity index (χ4n) is 2.02. The summed E-state index contributed by atoms with van der Waals surface area (Å²) in [5.74, 6) is -0.0428. The largest absolute Gasteiger partial charge is 0.506 e. The van der Waals surface area contributed by atoms with E-state index in [1.54, 1.807) is 12.1 Å². The fraction of sp³-hybridized carbons (Fsp3) is 0.0625. The average Bonchev–Trinajstić information content (AvgIpc) is 3.00. The number of hydrogen-bond donors (Lipinski definition) is 3. The smallest absolute Gasteiger partial charge is 0.250 e. The van der Waals surface area contributed by atoms with Crippen molar-refractivity contribution in [1.29, 1.82) is 0 Å². The summed E-state index contributed by atoms with van der Waals surface area (Å²) in [6.45, 7) is 0. The minimum atomic E-state index is -0.268. The van der Waals surface area contributed by atoms with Crippen LogP contribution in [0.1, 0.15) is 5.56 Å². The Balaban J connectivity index is 1.56. The molecule has 25 heavy (non-hydrogen) atoms. The number of hydrogen-bond acceptors (Lipinski definition) is 5. The van der Waals surface area contributed by atoms with E-state index < -0.39 is 0 Å². The molecule has 0 saturated heterocycles. The number of thioether (sulfide) groups is 1. The van der Waals surface area contributed by atoms with Crippen LogP contribution < -0.4 is 5.43 Å². The first-order chi connectivity index (χ1) is 12.0. The highest BCUT2D eigenvalue weighted by atomic mass is 79.9. The van der Waals surface area contributed by atoms with E-state index in [0.29, 0.717) is 15.2 Å². The molecular weight excluding hydrogens is 472 g/mol. The number of carbonyl (C=O) groups is 1. The number of imidazole rings is 1. The number of H-pyrrole nitrogens is 1. The Hall–Kier alpha value is -1.84. The van der Waals surface area contributed by atoms with Crippen LogP contribution >= 0.6 is 43.6 Å². The molecule has 0 spiro atoms. The predicted molar refractivity (Wildman–Crippen MR) is 106 cm³/mol. The number of benzene rings is 2. The van der Waals surface area contributed by atoms with Crippen molar-refractivity contribution in [2.75, 3.05) is 5.75 Å². The van der Waals surface area contributed by atoms with Gasteiger partial charge in [-0.3, -0.25) is 4.79 Å². The van der Waals surface area contributed by atoms with Crippen LogP contribution in [0.3, 0.4) is 0 Å². The SMILES string of the molecule is O=C(CSc1nc2ccccc2[nH]1)N/N=C/c1cc(Br)cc(Br)c1O. The second kappa shape index (κ2) is 8.03. The summed E-state index contributed by atoms with van der Waals surface area (Å²) in [5, 5.41) is 14.5. The lowest BCUT2D eigenvalue weighted by Crippen LogP contribution is -2.19. The van der Waals surface area contributed by atoms with Gasteiger partial charge in [-0.05, 0) is 40.2 Å². The van der Waals surface area contributed by atoms with Gasteiger partial charge in [0.05, 0.1) is 27.5 Å². The predicted octanol–water partition coefficient (Wildman–Crippen LogP) is 4.04. The highest BCUT2D eigenvalue weighted by molar-refractivity contribution is 9.11. The van der Waals surface area contributed by atoms with Crippen LogP contribution in [0.25, 0.3) is 11.0 Å². The number of carbonyl (C=O) groups excluding carboxylic acids is 1. The second-order valence-electron chi connectivity index (χ2n) is 4.97. The topological polar surface area (TPSA) is 90.4 Å². The standard InChI is InChI=1S/C16H12Br2N4O2S/c17-10-5-9(15(24)11(18)6-10)7-19-22-14(23)8-25-16-20-12-3-1-2-4-13(12)21-16/h1-7,24H,8H2,(H,20,21)(H,22,23)/b19-7+. The summed E-state index contributed by atoms with van der Waals surface area (Å²) in [5.41, 5.74) is 4.70. The molecule has 1 aromatic heterocycles. The summed E-state index contributed by atoms with van der Waals surface area (Å²) in [7, 11) is 0. The number of rotatable bonds is 5. The van der Waals surface area contributed by atoms with Crippen molar-refractivity contribution in [1.82, 2.24) is 15.4 Å². The van der Waals surface area contributed by atoms with E-state index in [2.05, 4.69) is 52.4 Å². The first-order valence-corrected chi connectivity index (χ1v) is 9.67. The Morgan fingerprint density at radius 1 is 1.36 bits per heavy atom. The third-order valence-electron chi connectivity index (χ3n) is 3.16. The summed E-state index contributed by atoms with van der Waals surface area (Å²) in [4.78, 5) is 19.4. The molecule has 0 fully saturated rings. The number of aromatic hydroxyl groups is 1. The number of nitrogens with one attached hydrogen (secondary N) is 2. The molecule has 0 aliphatic heterocycles. The highest BCUT2D eigenvalue weighted by Crippen LogP contribution is 2.30. The van der Waals surface area contributed by atoms with Crippen molar-refractivity contribution in [2.24, 2.45) is 5.10 Å². The monoisotopic (exact) mass is 482 g/mol. The Kier molecular flexibility index (Phi) is 5.77. The van der Waals surface area contributed by atoms with Crippen LogP contribution in [0.15, 0.2) is 55.6 Å². The number of nitrogens with zero attached hydrogens (tertiary/aromatic N) is 2. The molecule has 9 heteroatoms. The molecule has 6 nitrogen and oxygen atoms in total. The molecule has 0 radical (unpaired) electrons. The van der Waals surface area contributed by atoms with Gasteiger partial charge in [-0.15, -0.1) is 0 Å².